The highest BCUT2D eigenvalue weighted by Gasteiger charge is 2.35. The molecule has 2 heteroatoms. The zero-order valence-corrected chi connectivity index (χ0v) is 28.7. The molecule has 0 fully saturated rings. The highest BCUT2D eigenvalue weighted by atomic mass is 15.1. The molecule has 1 heterocycles. The van der Waals surface area contributed by atoms with Crippen LogP contribution in [0.3, 0.4) is 0 Å². The topological polar surface area (TPSA) is 8.17 Å². The maximum absolute atomic E-state index is 2.46. The molecule has 51 heavy (non-hydrogen) atoms. The average Bonchev–Trinajstić information content (AvgIpc) is 3.64. The Labute approximate surface area is 298 Å². The smallest absolute Gasteiger partial charge is 0.0562 e. The van der Waals surface area contributed by atoms with Crippen LogP contribution in [0, 0.1) is 0 Å². The first-order valence-electron chi connectivity index (χ1n) is 17.8. The Morgan fingerprint density at radius 1 is 0.451 bits per heavy atom. The summed E-state index contributed by atoms with van der Waals surface area (Å²) in [5.74, 6) is 0. The van der Waals surface area contributed by atoms with Crippen molar-refractivity contribution in [1.82, 2.24) is 4.57 Å². The lowest BCUT2D eigenvalue weighted by Crippen LogP contribution is -2.14. The predicted molar refractivity (Wildman–Crippen MR) is 216 cm³/mol. The molecule has 0 amide bonds. The van der Waals surface area contributed by atoms with Gasteiger partial charge in [-0.3, -0.25) is 0 Å². The standard InChI is InChI=1S/C49H36N2/c1-49(2)42-21-10-8-19-39(42)40-31-28-35(32-43(40)49)33-26-29-37(30-27-33)51(44-23-12-15-34-14-6-7-18-38(34)44)47-25-13-24-46-48(47)41-20-9-11-22-45(41)50(46)36-16-4-3-5-17-36/h3-32H,1-2H3. The van der Waals surface area contributed by atoms with Gasteiger partial charge in [-0.25, -0.2) is 0 Å². The molecule has 0 atom stereocenters. The second-order valence-electron chi connectivity index (χ2n) is 14.2. The Morgan fingerprint density at radius 3 is 1.94 bits per heavy atom. The minimum atomic E-state index is -0.0370. The van der Waals surface area contributed by atoms with Crippen LogP contribution in [0.25, 0.3) is 60.5 Å². The maximum atomic E-state index is 2.46. The van der Waals surface area contributed by atoms with E-state index in [4.69, 9.17) is 0 Å². The predicted octanol–water partition coefficient (Wildman–Crippen LogP) is 13.4. The van der Waals surface area contributed by atoms with Gasteiger partial charge >= 0.3 is 0 Å². The molecule has 0 spiro atoms. The Hall–Kier alpha value is -6.38. The summed E-state index contributed by atoms with van der Waals surface area (Å²) in [5.41, 5.74) is 14.9. The van der Waals surface area contributed by atoms with Crippen LogP contribution < -0.4 is 4.90 Å². The first-order valence-corrected chi connectivity index (χ1v) is 17.8. The van der Waals surface area contributed by atoms with Crippen molar-refractivity contribution in [2.45, 2.75) is 19.3 Å². The number of para-hydroxylation sites is 2. The van der Waals surface area contributed by atoms with E-state index in [1.54, 1.807) is 0 Å². The molecule has 0 aliphatic heterocycles. The highest BCUT2D eigenvalue weighted by Crippen LogP contribution is 2.50. The number of hydrogen-bond acceptors (Lipinski definition) is 1. The third kappa shape index (κ3) is 4.50. The summed E-state index contributed by atoms with van der Waals surface area (Å²) >= 11 is 0. The number of anilines is 3. The van der Waals surface area contributed by atoms with Gasteiger partial charge in [-0.15, -0.1) is 0 Å². The lowest BCUT2D eigenvalue weighted by atomic mass is 9.81. The van der Waals surface area contributed by atoms with Crippen molar-refractivity contribution in [3.8, 4) is 27.9 Å². The Balaban J connectivity index is 1.17. The molecule has 1 aromatic heterocycles. The molecule has 8 aromatic carbocycles. The van der Waals surface area contributed by atoms with Crippen LogP contribution in [-0.4, -0.2) is 4.57 Å². The summed E-state index contributed by atoms with van der Waals surface area (Å²) < 4.78 is 2.40. The van der Waals surface area contributed by atoms with Crippen molar-refractivity contribution in [2.24, 2.45) is 0 Å². The molecule has 0 saturated heterocycles. The molecule has 242 valence electrons. The first kappa shape index (κ1) is 29.5. The van der Waals surface area contributed by atoms with Crippen LogP contribution in [-0.2, 0) is 5.41 Å². The summed E-state index contributed by atoms with van der Waals surface area (Å²) in [6, 6.07) is 66.6. The molecular weight excluding hydrogens is 617 g/mol. The second kappa shape index (κ2) is 11.3. The van der Waals surface area contributed by atoms with Gasteiger partial charge in [0, 0.05) is 32.9 Å². The zero-order chi connectivity index (χ0) is 34.1. The van der Waals surface area contributed by atoms with Gasteiger partial charge in [-0.1, -0.05) is 141 Å². The Morgan fingerprint density at radius 2 is 1.08 bits per heavy atom. The molecular formula is C49H36N2. The molecule has 10 rings (SSSR count). The van der Waals surface area contributed by atoms with E-state index in [-0.39, 0.29) is 5.41 Å². The Kier molecular flexibility index (Phi) is 6.56. The van der Waals surface area contributed by atoms with Crippen molar-refractivity contribution < 1.29 is 0 Å². The van der Waals surface area contributed by atoms with E-state index in [2.05, 4.69) is 205 Å². The highest BCUT2D eigenvalue weighted by molar-refractivity contribution is 6.17. The van der Waals surface area contributed by atoms with Crippen molar-refractivity contribution >= 4 is 49.6 Å². The molecule has 0 N–H and O–H groups in total. The van der Waals surface area contributed by atoms with E-state index >= 15 is 0 Å². The quantitative estimate of drug-likeness (QED) is 0.180. The maximum Gasteiger partial charge on any atom is 0.0562 e. The molecule has 0 radical (unpaired) electrons. The number of benzene rings is 8. The fourth-order valence-electron chi connectivity index (χ4n) is 8.54. The lowest BCUT2D eigenvalue weighted by molar-refractivity contribution is 0.660. The first-order chi connectivity index (χ1) is 25.1. The number of aromatic nitrogens is 1. The minimum Gasteiger partial charge on any atom is -0.309 e. The molecule has 0 bridgehead atoms. The third-order valence-corrected chi connectivity index (χ3v) is 11.0. The van der Waals surface area contributed by atoms with Crippen LogP contribution in [0.2, 0.25) is 0 Å². The van der Waals surface area contributed by atoms with E-state index in [0.29, 0.717) is 0 Å². The molecule has 1 aliphatic rings. The fraction of sp³-hybridized carbons (Fsp3) is 0.0612. The molecule has 0 unspecified atom stereocenters. The van der Waals surface area contributed by atoms with Gasteiger partial charge in [-0.05, 0) is 93.4 Å². The lowest BCUT2D eigenvalue weighted by Gasteiger charge is -2.28. The summed E-state index contributed by atoms with van der Waals surface area (Å²) in [4.78, 5) is 2.46. The number of hydrogen-bond donors (Lipinski definition) is 0. The van der Waals surface area contributed by atoms with Gasteiger partial charge in [0.25, 0.3) is 0 Å². The summed E-state index contributed by atoms with van der Waals surface area (Å²) in [6.07, 6.45) is 0. The summed E-state index contributed by atoms with van der Waals surface area (Å²) in [7, 11) is 0. The van der Waals surface area contributed by atoms with E-state index in [9.17, 15) is 0 Å². The van der Waals surface area contributed by atoms with Gasteiger partial charge in [0.2, 0.25) is 0 Å². The van der Waals surface area contributed by atoms with Crippen molar-refractivity contribution in [3.05, 3.63) is 193 Å². The van der Waals surface area contributed by atoms with E-state index in [1.165, 1.54) is 66.0 Å². The SMILES string of the molecule is CC1(C)c2ccccc2-c2ccc(-c3ccc(N(c4cccc5ccccc45)c4cccc5c4c4ccccc4n5-c4ccccc4)cc3)cc21. The van der Waals surface area contributed by atoms with Gasteiger partial charge in [0.05, 0.1) is 22.4 Å². The molecule has 9 aromatic rings. The Bertz CT molecular complexity index is 2760. The normalized spacial score (nSPS) is 13.1. The van der Waals surface area contributed by atoms with Crippen LogP contribution >= 0.6 is 0 Å². The fourth-order valence-corrected chi connectivity index (χ4v) is 8.54. The average molecular weight is 653 g/mol. The molecule has 2 nitrogen and oxygen atoms in total. The van der Waals surface area contributed by atoms with Crippen molar-refractivity contribution in [3.63, 3.8) is 0 Å². The van der Waals surface area contributed by atoms with E-state index < -0.39 is 0 Å². The van der Waals surface area contributed by atoms with E-state index in [1.807, 2.05) is 0 Å². The van der Waals surface area contributed by atoms with Crippen LogP contribution in [0.1, 0.15) is 25.0 Å². The number of rotatable bonds is 5. The molecule has 1 aliphatic carbocycles. The van der Waals surface area contributed by atoms with Gasteiger partial charge in [-0.2, -0.15) is 0 Å². The van der Waals surface area contributed by atoms with Crippen molar-refractivity contribution in [1.29, 1.82) is 0 Å². The number of fused-ring (bicyclic) bond motifs is 7. The monoisotopic (exact) mass is 652 g/mol. The third-order valence-electron chi connectivity index (χ3n) is 11.0. The van der Waals surface area contributed by atoms with Gasteiger partial charge in [0.1, 0.15) is 0 Å². The zero-order valence-electron chi connectivity index (χ0n) is 28.7. The largest absolute Gasteiger partial charge is 0.309 e. The van der Waals surface area contributed by atoms with Gasteiger partial charge < -0.3 is 9.47 Å². The second-order valence-corrected chi connectivity index (χ2v) is 14.2. The van der Waals surface area contributed by atoms with Gasteiger partial charge in [0.15, 0.2) is 0 Å². The summed E-state index contributed by atoms with van der Waals surface area (Å²) in [5, 5.41) is 4.90. The summed E-state index contributed by atoms with van der Waals surface area (Å²) in [6.45, 7) is 4.70. The minimum absolute atomic E-state index is 0.0370. The molecule has 0 saturated carbocycles. The number of nitrogens with zero attached hydrogens (tertiary/aromatic N) is 2. The van der Waals surface area contributed by atoms with Crippen molar-refractivity contribution in [2.75, 3.05) is 4.90 Å². The van der Waals surface area contributed by atoms with E-state index in [0.717, 1.165) is 22.7 Å². The van der Waals surface area contributed by atoms with Crippen LogP contribution in [0.15, 0.2) is 182 Å². The van der Waals surface area contributed by atoms with Crippen LogP contribution in [0.4, 0.5) is 17.1 Å². The van der Waals surface area contributed by atoms with Crippen LogP contribution in [0.5, 0.6) is 0 Å².